The van der Waals surface area contributed by atoms with E-state index in [2.05, 4.69) is 46.5 Å². The Balaban J connectivity index is 1.53. The highest BCUT2D eigenvalue weighted by atomic mass is 32.1. The SMILES string of the molecule is CCCCCNC(=O)CN(CC(=O)N(C)N1Cc2ccccc2C1)c1cc(-c2nc(C)cs2)ccc1C. The van der Waals surface area contributed by atoms with Gasteiger partial charge in [0.1, 0.15) is 5.01 Å². The predicted octanol–water partition coefficient (Wildman–Crippen LogP) is 4.93. The molecule has 0 atom stereocenters. The summed E-state index contributed by atoms with van der Waals surface area (Å²) in [6.45, 7) is 8.42. The van der Waals surface area contributed by atoms with E-state index in [9.17, 15) is 9.59 Å². The molecule has 2 aromatic carbocycles. The van der Waals surface area contributed by atoms with Crippen molar-refractivity contribution < 1.29 is 9.59 Å². The number of fused-ring (bicyclic) bond motifs is 1. The van der Waals surface area contributed by atoms with Crippen LogP contribution in [-0.2, 0) is 22.7 Å². The normalized spacial score (nSPS) is 12.9. The molecule has 2 amide bonds. The molecule has 7 nitrogen and oxygen atoms in total. The molecular weight excluding hydrogens is 482 g/mol. The van der Waals surface area contributed by atoms with Gasteiger partial charge < -0.3 is 10.2 Å². The van der Waals surface area contributed by atoms with Crippen LogP contribution in [0.15, 0.2) is 47.8 Å². The summed E-state index contributed by atoms with van der Waals surface area (Å²) in [7, 11) is 1.82. The second-order valence-electron chi connectivity index (χ2n) is 9.72. The maximum atomic E-state index is 13.5. The molecule has 0 aliphatic carbocycles. The third-order valence-corrected chi connectivity index (χ3v) is 7.80. The van der Waals surface area contributed by atoms with E-state index < -0.39 is 0 Å². The number of likely N-dealkylation sites (N-methyl/N-ethyl adjacent to an activating group) is 1. The van der Waals surface area contributed by atoms with Gasteiger partial charge in [0.15, 0.2) is 0 Å². The molecule has 1 aliphatic heterocycles. The van der Waals surface area contributed by atoms with Gasteiger partial charge in [-0.15, -0.1) is 11.3 Å². The van der Waals surface area contributed by atoms with Gasteiger partial charge in [-0.25, -0.2) is 9.99 Å². The number of nitrogens with one attached hydrogen (secondary N) is 1. The minimum absolute atomic E-state index is 0.0542. The van der Waals surface area contributed by atoms with E-state index in [4.69, 9.17) is 0 Å². The number of aromatic nitrogens is 1. The van der Waals surface area contributed by atoms with Gasteiger partial charge in [0, 0.05) is 49.0 Å². The number of carbonyl (C=O) groups excluding carboxylic acids is 2. The van der Waals surface area contributed by atoms with Crippen molar-refractivity contribution in [2.75, 3.05) is 31.6 Å². The zero-order chi connectivity index (χ0) is 26.4. The van der Waals surface area contributed by atoms with Crippen LogP contribution in [0.25, 0.3) is 10.6 Å². The molecule has 0 spiro atoms. The van der Waals surface area contributed by atoms with Crippen LogP contribution in [0.3, 0.4) is 0 Å². The monoisotopic (exact) mass is 519 g/mol. The Labute approximate surface area is 224 Å². The second kappa shape index (κ2) is 12.3. The summed E-state index contributed by atoms with van der Waals surface area (Å²) in [4.78, 5) is 33.0. The molecule has 0 unspecified atom stereocenters. The van der Waals surface area contributed by atoms with Crippen molar-refractivity contribution in [2.24, 2.45) is 0 Å². The van der Waals surface area contributed by atoms with Gasteiger partial charge in [-0.1, -0.05) is 56.2 Å². The Morgan fingerprint density at radius 3 is 2.43 bits per heavy atom. The third-order valence-electron chi connectivity index (χ3n) is 6.79. The molecule has 0 fully saturated rings. The van der Waals surface area contributed by atoms with Crippen LogP contribution in [0.4, 0.5) is 5.69 Å². The van der Waals surface area contributed by atoms with Gasteiger partial charge in [0.2, 0.25) is 5.91 Å². The number of rotatable bonds is 11. The standard InChI is InChI=1S/C29H37N5O2S/c1-5-6-9-14-30-27(35)18-33(26-15-23(13-12-21(26)2)29-31-22(3)20-37-29)19-28(36)32(4)34-16-24-10-7-8-11-25(24)17-34/h7-8,10-13,15,20H,5-6,9,14,16-19H2,1-4H3,(H,30,35). The lowest BCUT2D eigenvalue weighted by molar-refractivity contribution is -0.145. The van der Waals surface area contributed by atoms with E-state index in [1.54, 1.807) is 16.3 Å². The Bertz CT molecular complexity index is 1220. The van der Waals surface area contributed by atoms with Crippen LogP contribution in [0.1, 0.15) is 48.6 Å². The molecule has 8 heteroatoms. The maximum Gasteiger partial charge on any atom is 0.256 e. The Hall–Kier alpha value is -3.23. The van der Waals surface area contributed by atoms with E-state index in [0.717, 1.165) is 46.8 Å². The van der Waals surface area contributed by atoms with Gasteiger partial charge in [-0.3, -0.25) is 14.6 Å². The third kappa shape index (κ3) is 6.76. The first-order chi connectivity index (χ1) is 17.9. The summed E-state index contributed by atoms with van der Waals surface area (Å²) in [5, 5.41) is 9.75. The van der Waals surface area contributed by atoms with Crippen LogP contribution < -0.4 is 10.2 Å². The van der Waals surface area contributed by atoms with Crippen molar-refractivity contribution in [1.29, 1.82) is 0 Å². The lowest BCUT2D eigenvalue weighted by Gasteiger charge is -2.32. The topological polar surface area (TPSA) is 68.8 Å². The zero-order valence-electron chi connectivity index (χ0n) is 22.3. The first-order valence-electron chi connectivity index (χ1n) is 13.0. The average Bonchev–Trinajstić information content (AvgIpc) is 3.52. The number of unbranched alkanes of at least 4 members (excludes halogenated alkanes) is 2. The van der Waals surface area contributed by atoms with Crippen LogP contribution in [-0.4, -0.2) is 53.5 Å². The van der Waals surface area contributed by atoms with E-state index in [-0.39, 0.29) is 24.9 Å². The van der Waals surface area contributed by atoms with Crippen LogP contribution in [0, 0.1) is 13.8 Å². The molecule has 0 saturated heterocycles. The average molecular weight is 520 g/mol. The highest BCUT2D eigenvalue weighted by Crippen LogP contribution is 2.30. The number of benzene rings is 2. The first kappa shape index (κ1) is 26.8. The zero-order valence-corrected chi connectivity index (χ0v) is 23.1. The van der Waals surface area contributed by atoms with Crippen molar-refractivity contribution in [2.45, 2.75) is 53.1 Å². The van der Waals surface area contributed by atoms with Gasteiger partial charge in [-0.05, 0) is 43.0 Å². The molecule has 37 heavy (non-hydrogen) atoms. The molecule has 0 bridgehead atoms. The largest absolute Gasteiger partial charge is 0.355 e. The first-order valence-corrected chi connectivity index (χ1v) is 13.9. The molecule has 3 aromatic rings. The summed E-state index contributed by atoms with van der Waals surface area (Å²) in [6, 6.07) is 14.4. The molecule has 0 radical (unpaired) electrons. The molecule has 0 saturated carbocycles. The lowest BCUT2D eigenvalue weighted by atomic mass is 10.1. The fraction of sp³-hybridized carbons (Fsp3) is 0.414. The quantitative estimate of drug-likeness (QED) is 0.364. The highest BCUT2D eigenvalue weighted by molar-refractivity contribution is 7.13. The summed E-state index contributed by atoms with van der Waals surface area (Å²) in [5.74, 6) is -0.128. The number of carbonyl (C=O) groups is 2. The predicted molar refractivity (Wildman–Crippen MR) is 150 cm³/mol. The molecule has 196 valence electrons. The molecule has 4 rings (SSSR count). The fourth-order valence-corrected chi connectivity index (χ4v) is 5.37. The van der Waals surface area contributed by atoms with E-state index in [1.807, 2.05) is 49.4 Å². The molecule has 1 aromatic heterocycles. The van der Waals surface area contributed by atoms with Crippen LogP contribution >= 0.6 is 11.3 Å². The number of hydrazine groups is 1. The van der Waals surface area contributed by atoms with Crippen molar-refractivity contribution in [1.82, 2.24) is 20.3 Å². The second-order valence-corrected chi connectivity index (χ2v) is 10.6. The fourth-order valence-electron chi connectivity index (χ4n) is 4.58. The summed E-state index contributed by atoms with van der Waals surface area (Å²) in [5.41, 5.74) is 6.34. The van der Waals surface area contributed by atoms with Crippen LogP contribution in [0.2, 0.25) is 0 Å². The van der Waals surface area contributed by atoms with Crippen molar-refractivity contribution in [3.8, 4) is 10.6 Å². The number of nitrogens with zero attached hydrogens (tertiary/aromatic N) is 4. The molecule has 2 heterocycles. The Kier molecular flexibility index (Phi) is 8.95. The number of amides is 2. The molecular formula is C29H37N5O2S. The van der Waals surface area contributed by atoms with Gasteiger partial charge in [0.05, 0.1) is 13.1 Å². The maximum absolute atomic E-state index is 13.5. The highest BCUT2D eigenvalue weighted by Gasteiger charge is 2.27. The number of hydrogen-bond donors (Lipinski definition) is 1. The summed E-state index contributed by atoms with van der Waals surface area (Å²) >= 11 is 1.60. The van der Waals surface area contributed by atoms with E-state index >= 15 is 0 Å². The molecule has 1 aliphatic rings. The van der Waals surface area contributed by atoms with Gasteiger partial charge in [-0.2, -0.15) is 0 Å². The number of anilines is 1. The number of aryl methyl sites for hydroxylation is 2. The summed E-state index contributed by atoms with van der Waals surface area (Å²) < 4.78 is 0. The minimum atomic E-state index is -0.0740. The van der Waals surface area contributed by atoms with Gasteiger partial charge in [0.25, 0.3) is 5.91 Å². The van der Waals surface area contributed by atoms with E-state index in [1.165, 1.54) is 11.1 Å². The Morgan fingerprint density at radius 2 is 1.78 bits per heavy atom. The smallest absolute Gasteiger partial charge is 0.256 e. The number of thiazole rings is 1. The molecule has 1 N–H and O–H groups in total. The van der Waals surface area contributed by atoms with Crippen molar-refractivity contribution in [3.63, 3.8) is 0 Å². The van der Waals surface area contributed by atoms with Gasteiger partial charge >= 0.3 is 0 Å². The Morgan fingerprint density at radius 1 is 1.05 bits per heavy atom. The minimum Gasteiger partial charge on any atom is -0.355 e. The lowest BCUT2D eigenvalue weighted by Crippen LogP contribution is -2.48. The number of hydrogen-bond acceptors (Lipinski definition) is 6. The summed E-state index contributed by atoms with van der Waals surface area (Å²) in [6.07, 6.45) is 3.14. The van der Waals surface area contributed by atoms with Crippen LogP contribution in [0.5, 0.6) is 0 Å². The van der Waals surface area contributed by atoms with Crippen molar-refractivity contribution >= 4 is 28.8 Å². The van der Waals surface area contributed by atoms with Crippen molar-refractivity contribution in [3.05, 3.63) is 70.2 Å². The van der Waals surface area contributed by atoms with E-state index in [0.29, 0.717) is 19.6 Å².